The fourth-order valence-corrected chi connectivity index (χ4v) is 1.12. The number of carbonyl (C=O) groups is 1. The van der Waals surface area contributed by atoms with Gasteiger partial charge in [0.05, 0.1) is 12.7 Å². The summed E-state index contributed by atoms with van der Waals surface area (Å²) in [5.41, 5.74) is 0. The molecule has 0 aliphatic carbocycles. The van der Waals surface area contributed by atoms with Crippen LogP contribution < -0.4 is 0 Å². The van der Waals surface area contributed by atoms with Crippen molar-refractivity contribution in [1.29, 1.82) is 0 Å². The van der Waals surface area contributed by atoms with Crippen molar-refractivity contribution in [3.63, 3.8) is 0 Å². The molecule has 0 radical (unpaired) electrons. The summed E-state index contributed by atoms with van der Waals surface area (Å²) in [4.78, 5) is 10.6. The lowest BCUT2D eigenvalue weighted by Crippen LogP contribution is -2.27. The average Bonchev–Trinajstić information content (AvgIpc) is 2.05. The van der Waals surface area contributed by atoms with Crippen LogP contribution in [0.3, 0.4) is 0 Å². The van der Waals surface area contributed by atoms with Crippen LogP contribution in [0, 0.1) is 0 Å². The lowest BCUT2D eigenvalue weighted by atomic mass is 10.2. The SMILES string of the molecule is CCC1C=C[C@@H](OC(C)=O)CO1. The van der Waals surface area contributed by atoms with Crippen LogP contribution in [0.2, 0.25) is 0 Å². The van der Waals surface area contributed by atoms with E-state index in [4.69, 9.17) is 9.47 Å². The van der Waals surface area contributed by atoms with Crippen LogP contribution in [-0.2, 0) is 14.3 Å². The van der Waals surface area contributed by atoms with Crippen molar-refractivity contribution >= 4 is 5.97 Å². The Balaban J connectivity index is 2.37. The van der Waals surface area contributed by atoms with Gasteiger partial charge in [0.15, 0.2) is 0 Å². The van der Waals surface area contributed by atoms with Crippen LogP contribution in [0.25, 0.3) is 0 Å². The number of rotatable bonds is 2. The summed E-state index contributed by atoms with van der Waals surface area (Å²) in [6.45, 7) is 3.94. The Morgan fingerprint density at radius 2 is 2.42 bits per heavy atom. The zero-order chi connectivity index (χ0) is 8.97. The minimum absolute atomic E-state index is 0.190. The summed E-state index contributed by atoms with van der Waals surface area (Å²) < 4.78 is 10.3. The zero-order valence-electron chi connectivity index (χ0n) is 7.45. The van der Waals surface area contributed by atoms with E-state index in [2.05, 4.69) is 6.92 Å². The molecule has 3 heteroatoms. The molecular weight excluding hydrogens is 156 g/mol. The Morgan fingerprint density at radius 1 is 1.67 bits per heavy atom. The molecule has 0 amide bonds. The summed E-state index contributed by atoms with van der Waals surface area (Å²) in [5.74, 6) is -0.261. The molecule has 1 rings (SSSR count). The van der Waals surface area contributed by atoms with Gasteiger partial charge in [-0.05, 0) is 12.5 Å². The van der Waals surface area contributed by atoms with E-state index >= 15 is 0 Å². The molecular formula is C9H14O3. The van der Waals surface area contributed by atoms with Gasteiger partial charge in [0.2, 0.25) is 0 Å². The van der Waals surface area contributed by atoms with E-state index in [-0.39, 0.29) is 18.2 Å². The lowest BCUT2D eigenvalue weighted by molar-refractivity contribution is -0.148. The van der Waals surface area contributed by atoms with Crippen molar-refractivity contribution < 1.29 is 14.3 Å². The third-order valence-corrected chi connectivity index (χ3v) is 1.73. The van der Waals surface area contributed by atoms with Crippen molar-refractivity contribution in [2.45, 2.75) is 32.5 Å². The molecule has 1 aliphatic rings. The van der Waals surface area contributed by atoms with Gasteiger partial charge in [-0.15, -0.1) is 0 Å². The van der Waals surface area contributed by atoms with E-state index in [1.54, 1.807) is 0 Å². The molecule has 0 N–H and O–H groups in total. The molecule has 0 spiro atoms. The summed E-state index contributed by atoms with van der Waals surface area (Å²) in [6.07, 6.45) is 4.79. The first kappa shape index (κ1) is 9.26. The monoisotopic (exact) mass is 170 g/mol. The maximum absolute atomic E-state index is 10.6. The fraction of sp³-hybridized carbons (Fsp3) is 0.667. The number of ether oxygens (including phenoxy) is 2. The van der Waals surface area contributed by atoms with Crippen molar-refractivity contribution in [2.24, 2.45) is 0 Å². The van der Waals surface area contributed by atoms with Gasteiger partial charge in [-0.2, -0.15) is 0 Å². The predicted molar refractivity (Wildman–Crippen MR) is 44.7 cm³/mol. The second-order valence-electron chi connectivity index (χ2n) is 2.81. The van der Waals surface area contributed by atoms with Gasteiger partial charge in [0.1, 0.15) is 6.10 Å². The normalized spacial score (nSPS) is 28.5. The van der Waals surface area contributed by atoms with Crippen molar-refractivity contribution in [1.82, 2.24) is 0 Å². The first-order valence-electron chi connectivity index (χ1n) is 4.19. The Hall–Kier alpha value is -0.830. The zero-order valence-corrected chi connectivity index (χ0v) is 7.45. The molecule has 12 heavy (non-hydrogen) atoms. The Kier molecular flexibility index (Phi) is 3.29. The van der Waals surface area contributed by atoms with E-state index in [0.717, 1.165) is 6.42 Å². The van der Waals surface area contributed by atoms with Crippen molar-refractivity contribution in [2.75, 3.05) is 6.61 Å². The van der Waals surface area contributed by atoms with E-state index in [1.807, 2.05) is 12.2 Å². The molecule has 1 aliphatic heterocycles. The number of hydrogen-bond donors (Lipinski definition) is 0. The van der Waals surface area contributed by atoms with Gasteiger partial charge < -0.3 is 9.47 Å². The molecule has 0 fully saturated rings. The van der Waals surface area contributed by atoms with E-state index in [1.165, 1.54) is 6.92 Å². The first-order chi connectivity index (χ1) is 5.72. The number of carbonyl (C=O) groups excluding carboxylic acids is 1. The highest BCUT2D eigenvalue weighted by Gasteiger charge is 2.16. The Bertz CT molecular complexity index is 186. The van der Waals surface area contributed by atoms with Crippen LogP contribution in [0.1, 0.15) is 20.3 Å². The van der Waals surface area contributed by atoms with Gasteiger partial charge in [-0.3, -0.25) is 4.79 Å². The Morgan fingerprint density at radius 3 is 2.83 bits per heavy atom. The topological polar surface area (TPSA) is 35.5 Å². The van der Waals surface area contributed by atoms with E-state index in [0.29, 0.717) is 6.61 Å². The van der Waals surface area contributed by atoms with Crippen molar-refractivity contribution in [3.05, 3.63) is 12.2 Å². The maximum Gasteiger partial charge on any atom is 0.303 e. The largest absolute Gasteiger partial charge is 0.456 e. The predicted octanol–water partition coefficient (Wildman–Crippen LogP) is 1.28. The van der Waals surface area contributed by atoms with E-state index < -0.39 is 0 Å². The minimum atomic E-state index is -0.261. The van der Waals surface area contributed by atoms with Gasteiger partial charge in [-0.25, -0.2) is 0 Å². The summed E-state index contributed by atoms with van der Waals surface area (Å²) in [7, 11) is 0. The molecule has 0 aromatic heterocycles. The third kappa shape index (κ3) is 2.66. The second kappa shape index (κ2) is 4.26. The summed E-state index contributed by atoms with van der Waals surface area (Å²) in [6, 6.07) is 0. The molecule has 1 unspecified atom stereocenters. The molecule has 68 valence electrons. The molecule has 0 saturated heterocycles. The summed E-state index contributed by atoms with van der Waals surface area (Å²) in [5, 5.41) is 0. The van der Waals surface area contributed by atoms with Crippen LogP contribution in [0.15, 0.2) is 12.2 Å². The lowest BCUT2D eigenvalue weighted by Gasteiger charge is -2.22. The summed E-state index contributed by atoms with van der Waals surface area (Å²) >= 11 is 0. The quantitative estimate of drug-likeness (QED) is 0.462. The average molecular weight is 170 g/mol. The highest BCUT2D eigenvalue weighted by molar-refractivity contribution is 5.66. The van der Waals surface area contributed by atoms with Crippen LogP contribution >= 0.6 is 0 Å². The van der Waals surface area contributed by atoms with Gasteiger partial charge in [0, 0.05) is 6.92 Å². The molecule has 3 nitrogen and oxygen atoms in total. The van der Waals surface area contributed by atoms with Gasteiger partial charge >= 0.3 is 5.97 Å². The van der Waals surface area contributed by atoms with Crippen molar-refractivity contribution in [3.8, 4) is 0 Å². The number of esters is 1. The highest BCUT2D eigenvalue weighted by Crippen LogP contribution is 2.10. The molecule has 2 atom stereocenters. The van der Waals surface area contributed by atoms with E-state index in [9.17, 15) is 4.79 Å². The standard InChI is InChI=1S/C9H14O3/c1-3-8-4-5-9(6-11-8)12-7(2)10/h4-5,8-9H,3,6H2,1-2H3/t8?,9-/m1/s1. The smallest absolute Gasteiger partial charge is 0.303 e. The number of hydrogen-bond acceptors (Lipinski definition) is 3. The first-order valence-corrected chi connectivity index (χ1v) is 4.19. The van der Waals surface area contributed by atoms with Crippen LogP contribution in [-0.4, -0.2) is 24.8 Å². The highest BCUT2D eigenvalue weighted by atomic mass is 16.6. The van der Waals surface area contributed by atoms with Crippen LogP contribution in [0.4, 0.5) is 0 Å². The minimum Gasteiger partial charge on any atom is -0.456 e. The van der Waals surface area contributed by atoms with Gasteiger partial charge in [0.25, 0.3) is 0 Å². The molecule has 0 aromatic rings. The Labute approximate surface area is 72.4 Å². The molecule has 0 aromatic carbocycles. The van der Waals surface area contributed by atoms with Gasteiger partial charge in [-0.1, -0.05) is 13.0 Å². The van der Waals surface area contributed by atoms with Crippen LogP contribution in [0.5, 0.6) is 0 Å². The molecule has 0 saturated carbocycles. The maximum atomic E-state index is 10.6. The second-order valence-corrected chi connectivity index (χ2v) is 2.81. The third-order valence-electron chi connectivity index (χ3n) is 1.73. The fourth-order valence-electron chi connectivity index (χ4n) is 1.12. The molecule has 1 heterocycles. The molecule has 0 bridgehead atoms.